The summed E-state index contributed by atoms with van der Waals surface area (Å²) >= 11 is 0. The molecule has 2 N–H and O–H groups in total. The van der Waals surface area contributed by atoms with Gasteiger partial charge < -0.3 is 10.6 Å². The molecule has 0 saturated carbocycles. The number of fused-ring (bicyclic) bond motifs is 1. The van der Waals surface area contributed by atoms with E-state index in [0.29, 0.717) is 35.6 Å². The van der Waals surface area contributed by atoms with Gasteiger partial charge in [-0.25, -0.2) is 4.68 Å². The Labute approximate surface area is 194 Å². The van der Waals surface area contributed by atoms with Gasteiger partial charge >= 0.3 is 6.18 Å². The lowest BCUT2D eigenvalue weighted by Crippen LogP contribution is -2.35. The first kappa shape index (κ1) is 21.8. The Morgan fingerprint density at radius 3 is 2.38 bits per heavy atom. The summed E-state index contributed by atoms with van der Waals surface area (Å²) in [6.07, 6.45) is -3.62. The molecule has 0 spiro atoms. The van der Waals surface area contributed by atoms with E-state index in [1.54, 1.807) is 30.3 Å². The van der Waals surface area contributed by atoms with Crippen molar-refractivity contribution in [2.45, 2.75) is 19.1 Å². The van der Waals surface area contributed by atoms with Gasteiger partial charge in [0.15, 0.2) is 0 Å². The molecule has 3 aromatic carbocycles. The third kappa shape index (κ3) is 4.14. The van der Waals surface area contributed by atoms with Crippen LogP contribution in [0.3, 0.4) is 0 Å². The van der Waals surface area contributed by atoms with Crippen molar-refractivity contribution < 1.29 is 18.0 Å². The standard InChI is InChI=1S/C26H21F3N4O/c27-26(28,29)21-7-3-6-19(14-21)23-15-24(30)33(31-23)22-10-8-18(9-11-22)25(34)32-13-12-17-4-1-2-5-20(17)16-32/h1-11,14-15H,12-13,16,30H2. The van der Waals surface area contributed by atoms with E-state index in [0.717, 1.165) is 24.1 Å². The lowest BCUT2D eigenvalue weighted by atomic mass is 9.99. The van der Waals surface area contributed by atoms with Gasteiger partial charge in [0.1, 0.15) is 5.82 Å². The number of carbonyl (C=O) groups excluding carboxylic acids is 1. The Hall–Kier alpha value is -4.07. The van der Waals surface area contributed by atoms with Crippen molar-refractivity contribution in [2.75, 3.05) is 12.3 Å². The molecule has 0 saturated heterocycles. The summed E-state index contributed by atoms with van der Waals surface area (Å²) in [7, 11) is 0. The highest BCUT2D eigenvalue weighted by molar-refractivity contribution is 5.94. The summed E-state index contributed by atoms with van der Waals surface area (Å²) in [5, 5.41) is 4.39. The molecule has 0 fully saturated rings. The lowest BCUT2D eigenvalue weighted by molar-refractivity contribution is -0.137. The van der Waals surface area contributed by atoms with Crippen molar-refractivity contribution in [1.29, 1.82) is 0 Å². The topological polar surface area (TPSA) is 64.1 Å². The average molecular weight is 462 g/mol. The van der Waals surface area contributed by atoms with E-state index in [1.165, 1.54) is 22.4 Å². The molecule has 5 nitrogen and oxygen atoms in total. The molecule has 2 heterocycles. The van der Waals surface area contributed by atoms with Gasteiger partial charge in [-0.2, -0.15) is 18.3 Å². The van der Waals surface area contributed by atoms with Crippen LogP contribution in [0.5, 0.6) is 0 Å². The molecule has 8 heteroatoms. The van der Waals surface area contributed by atoms with Gasteiger partial charge in [-0.1, -0.05) is 36.4 Å². The molecule has 4 aromatic rings. The summed E-state index contributed by atoms with van der Waals surface area (Å²) in [4.78, 5) is 14.8. The normalized spacial score (nSPS) is 13.6. The second kappa shape index (κ2) is 8.37. The fraction of sp³-hybridized carbons (Fsp3) is 0.154. The van der Waals surface area contributed by atoms with Crippen LogP contribution in [0.4, 0.5) is 19.0 Å². The molecular formula is C26H21F3N4O. The Bertz CT molecular complexity index is 1360. The van der Waals surface area contributed by atoms with Crippen LogP contribution >= 0.6 is 0 Å². The Balaban J connectivity index is 1.36. The molecule has 0 atom stereocenters. The lowest BCUT2D eigenvalue weighted by Gasteiger charge is -2.29. The highest BCUT2D eigenvalue weighted by Gasteiger charge is 2.30. The largest absolute Gasteiger partial charge is 0.416 e. The van der Waals surface area contributed by atoms with E-state index in [9.17, 15) is 18.0 Å². The number of rotatable bonds is 3. The molecule has 34 heavy (non-hydrogen) atoms. The van der Waals surface area contributed by atoms with Crippen LogP contribution in [0.25, 0.3) is 16.9 Å². The zero-order valence-electron chi connectivity index (χ0n) is 18.1. The van der Waals surface area contributed by atoms with E-state index in [4.69, 9.17) is 5.73 Å². The van der Waals surface area contributed by atoms with Crippen LogP contribution in [0.15, 0.2) is 78.9 Å². The molecule has 1 aliphatic rings. The van der Waals surface area contributed by atoms with Crippen molar-refractivity contribution in [1.82, 2.24) is 14.7 Å². The minimum Gasteiger partial charge on any atom is -0.384 e. The number of nitrogen functional groups attached to an aromatic ring is 1. The second-order valence-electron chi connectivity index (χ2n) is 8.24. The van der Waals surface area contributed by atoms with E-state index < -0.39 is 11.7 Å². The molecule has 5 rings (SSSR count). The van der Waals surface area contributed by atoms with Gasteiger partial charge in [0.2, 0.25) is 0 Å². The maximum Gasteiger partial charge on any atom is 0.416 e. The van der Waals surface area contributed by atoms with Gasteiger partial charge in [-0.3, -0.25) is 4.79 Å². The predicted molar refractivity (Wildman–Crippen MR) is 123 cm³/mol. The Kier molecular flexibility index (Phi) is 5.36. The van der Waals surface area contributed by atoms with Crippen LogP contribution in [0.1, 0.15) is 27.0 Å². The maximum atomic E-state index is 13.1. The van der Waals surface area contributed by atoms with Gasteiger partial charge in [-0.15, -0.1) is 0 Å². The van der Waals surface area contributed by atoms with Gasteiger partial charge in [0.25, 0.3) is 5.91 Å². The fourth-order valence-corrected chi connectivity index (χ4v) is 4.20. The van der Waals surface area contributed by atoms with Crippen LogP contribution in [-0.2, 0) is 19.1 Å². The van der Waals surface area contributed by atoms with Gasteiger partial charge in [0.05, 0.1) is 16.9 Å². The number of nitrogens with two attached hydrogens (primary N) is 1. The number of carbonyl (C=O) groups is 1. The number of hydrogen-bond donors (Lipinski definition) is 1. The number of alkyl halides is 3. The first-order valence-corrected chi connectivity index (χ1v) is 10.8. The molecule has 172 valence electrons. The van der Waals surface area contributed by atoms with Crippen LogP contribution in [-0.4, -0.2) is 27.1 Å². The average Bonchev–Trinajstić information content (AvgIpc) is 3.24. The first-order chi connectivity index (χ1) is 16.3. The minimum absolute atomic E-state index is 0.0563. The molecular weight excluding hydrogens is 441 g/mol. The third-order valence-electron chi connectivity index (χ3n) is 6.00. The monoisotopic (exact) mass is 462 g/mol. The fourth-order valence-electron chi connectivity index (χ4n) is 4.20. The SMILES string of the molecule is Nc1cc(-c2cccc(C(F)(F)F)c2)nn1-c1ccc(C(=O)N2CCc3ccccc3C2)cc1. The maximum absolute atomic E-state index is 13.1. The first-order valence-electron chi connectivity index (χ1n) is 10.8. The van der Waals surface area contributed by atoms with Crippen molar-refractivity contribution in [2.24, 2.45) is 0 Å². The molecule has 1 aliphatic heterocycles. The van der Waals surface area contributed by atoms with E-state index in [1.807, 2.05) is 23.1 Å². The highest BCUT2D eigenvalue weighted by atomic mass is 19.4. The second-order valence-corrected chi connectivity index (χ2v) is 8.24. The summed E-state index contributed by atoms with van der Waals surface area (Å²) in [6.45, 7) is 1.23. The van der Waals surface area contributed by atoms with E-state index >= 15 is 0 Å². The van der Waals surface area contributed by atoms with Crippen LogP contribution in [0.2, 0.25) is 0 Å². The Morgan fingerprint density at radius 2 is 1.65 bits per heavy atom. The van der Waals surface area contributed by atoms with Gasteiger partial charge in [0, 0.05) is 30.3 Å². The van der Waals surface area contributed by atoms with Crippen molar-refractivity contribution >= 4 is 11.7 Å². The molecule has 1 amide bonds. The van der Waals surface area contributed by atoms with E-state index in [2.05, 4.69) is 11.2 Å². The van der Waals surface area contributed by atoms with Crippen LogP contribution < -0.4 is 5.73 Å². The highest BCUT2D eigenvalue weighted by Crippen LogP contribution is 2.32. The third-order valence-corrected chi connectivity index (χ3v) is 6.00. The number of halogens is 3. The number of nitrogens with zero attached hydrogens (tertiary/aromatic N) is 3. The summed E-state index contributed by atoms with van der Waals surface area (Å²) in [5.41, 5.74) is 9.58. The molecule has 0 bridgehead atoms. The summed E-state index contributed by atoms with van der Waals surface area (Å²) in [6, 6.07) is 21.5. The van der Waals surface area contributed by atoms with Crippen LogP contribution in [0, 0.1) is 0 Å². The number of anilines is 1. The van der Waals surface area contributed by atoms with Crippen molar-refractivity contribution in [3.8, 4) is 16.9 Å². The number of benzene rings is 3. The molecule has 0 aliphatic carbocycles. The van der Waals surface area contributed by atoms with Gasteiger partial charge in [-0.05, 0) is 53.9 Å². The molecule has 0 radical (unpaired) electrons. The zero-order chi connectivity index (χ0) is 23.9. The quantitative estimate of drug-likeness (QED) is 0.447. The smallest absolute Gasteiger partial charge is 0.384 e. The number of aromatic nitrogens is 2. The molecule has 1 aromatic heterocycles. The molecule has 0 unspecified atom stereocenters. The number of hydrogen-bond acceptors (Lipinski definition) is 3. The Morgan fingerprint density at radius 1 is 0.912 bits per heavy atom. The summed E-state index contributed by atoms with van der Waals surface area (Å²) in [5.74, 6) is 0.221. The van der Waals surface area contributed by atoms with E-state index in [-0.39, 0.29) is 11.7 Å². The summed E-state index contributed by atoms with van der Waals surface area (Å²) < 4.78 is 40.6. The minimum atomic E-state index is -4.44. The predicted octanol–water partition coefficient (Wildman–Crippen LogP) is 5.34. The zero-order valence-corrected chi connectivity index (χ0v) is 18.1. The van der Waals surface area contributed by atoms with Crippen molar-refractivity contribution in [3.05, 3.63) is 101 Å². The van der Waals surface area contributed by atoms with Crippen molar-refractivity contribution in [3.63, 3.8) is 0 Å². The number of amides is 1.